The first-order chi connectivity index (χ1) is 10.1. The third-order valence-electron chi connectivity index (χ3n) is 4.42. The summed E-state index contributed by atoms with van der Waals surface area (Å²) in [4.78, 5) is 27.1. The van der Waals surface area contributed by atoms with Gasteiger partial charge in [-0.3, -0.25) is 4.79 Å². The van der Waals surface area contributed by atoms with Crippen molar-refractivity contribution >= 4 is 12.0 Å². The summed E-state index contributed by atoms with van der Waals surface area (Å²) in [5.41, 5.74) is 0. The third kappa shape index (κ3) is 2.89. The zero-order valence-electron chi connectivity index (χ0n) is 12.1. The van der Waals surface area contributed by atoms with Gasteiger partial charge in [0.2, 0.25) is 0 Å². The van der Waals surface area contributed by atoms with Gasteiger partial charge in [-0.1, -0.05) is 6.92 Å². The second-order valence-electron chi connectivity index (χ2n) is 6.01. The maximum absolute atomic E-state index is 12.5. The van der Waals surface area contributed by atoms with E-state index in [1.807, 2.05) is 17.0 Å². The normalized spacial score (nSPS) is 20.0. The number of nitrogens with zero attached hydrogens (tertiary/aromatic N) is 2. The number of carbonyl (C=O) groups is 2. The maximum atomic E-state index is 12.5. The zero-order valence-corrected chi connectivity index (χ0v) is 12.1. The van der Waals surface area contributed by atoms with E-state index in [1.54, 1.807) is 18.1 Å². The van der Waals surface area contributed by atoms with Crippen molar-refractivity contribution in [1.29, 1.82) is 0 Å². The highest BCUT2D eigenvalue weighted by Gasteiger charge is 2.42. The van der Waals surface area contributed by atoms with Crippen LogP contribution in [0.4, 0.5) is 4.79 Å². The van der Waals surface area contributed by atoms with Crippen LogP contribution in [0.3, 0.4) is 0 Å². The largest absolute Gasteiger partial charge is 0.481 e. The van der Waals surface area contributed by atoms with Gasteiger partial charge in [0.1, 0.15) is 5.76 Å². The lowest BCUT2D eigenvalue weighted by atomic mass is 9.87. The average Bonchev–Trinajstić information content (AvgIpc) is 3.10. The molecule has 1 aromatic heterocycles. The minimum Gasteiger partial charge on any atom is -0.481 e. The Labute approximate surface area is 123 Å². The summed E-state index contributed by atoms with van der Waals surface area (Å²) >= 11 is 0. The predicted octanol–water partition coefficient (Wildman–Crippen LogP) is 2.02. The maximum Gasteiger partial charge on any atom is 0.320 e. The van der Waals surface area contributed by atoms with Gasteiger partial charge < -0.3 is 19.3 Å². The van der Waals surface area contributed by atoms with Crippen LogP contribution in [0.15, 0.2) is 22.8 Å². The van der Waals surface area contributed by atoms with E-state index < -0.39 is 11.9 Å². The summed E-state index contributed by atoms with van der Waals surface area (Å²) in [6.07, 6.45) is 3.68. The minimum atomic E-state index is -0.790. The van der Waals surface area contributed by atoms with E-state index in [4.69, 9.17) is 9.52 Å². The van der Waals surface area contributed by atoms with Crippen molar-refractivity contribution in [2.24, 2.45) is 11.8 Å². The van der Waals surface area contributed by atoms with E-state index in [2.05, 4.69) is 0 Å². The van der Waals surface area contributed by atoms with E-state index in [1.165, 1.54) is 0 Å². The number of carboxylic acids is 1. The van der Waals surface area contributed by atoms with Crippen molar-refractivity contribution in [3.05, 3.63) is 24.2 Å². The molecule has 1 aromatic rings. The lowest BCUT2D eigenvalue weighted by Crippen LogP contribution is -2.57. The molecule has 1 saturated heterocycles. The summed E-state index contributed by atoms with van der Waals surface area (Å²) in [6, 6.07) is 3.99. The average molecular weight is 292 g/mol. The van der Waals surface area contributed by atoms with Crippen LogP contribution < -0.4 is 0 Å². The predicted molar refractivity (Wildman–Crippen MR) is 74.5 cm³/mol. The molecule has 1 aliphatic carbocycles. The van der Waals surface area contributed by atoms with Crippen LogP contribution in [0.25, 0.3) is 0 Å². The number of hydrogen-bond donors (Lipinski definition) is 1. The van der Waals surface area contributed by atoms with Crippen LogP contribution >= 0.6 is 0 Å². The molecule has 2 heterocycles. The Bertz CT molecular complexity index is 518. The molecule has 1 saturated carbocycles. The van der Waals surface area contributed by atoms with Crippen LogP contribution in [0.1, 0.15) is 25.5 Å². The van der Waals surface area contributed by atoms with Gasteiger partial charge in [-0.25, -0.2) is 4.79 Å². The van der Waals surface area contributed by atoms with Gasteiger partial charge in [-0.15, -0.1) is 0 Å². The van der Waals surface area contributed by atoms with Crippen LogP contribution in [0.5, 0.6) is 0 Å². The Morgan fingerprint density at radius 2 is 2.19 bits per heavy atom. The quantitative estimate of drug-likeness (QED) is 0.901. The molecule has 2 fully saturated rings. The van der Waals surface area contributed by atoms with Gasteiger partial charge in [0.25, 0.3) is 0 Å². The van der Waals surface area contributed by atoms with E-state index in [-0.39, 0.29) is 11.9 Å². The number of rotatable bonds is 5. The highest BCUT2D eigenvalue weighted by molar-refractivity contribution is 5.77. The van der Waals surface area contributed by atoms with Gasteiger partial charge in [0.05, 0.1) is 18.7 Å². The van der Waals surface area contributed by atoms with Gasteiger partial charge >= 0.3 is 12.0 Å². The summed E-state index contributed by atoms with van der Waals surface area (Å²) in [7, 11) is 0. The van der Waals surface area contributed by atoms with E-state index >= 15 is 0 Å². The summed E-state index contributed by atoms with van der Waals surface area (Å²) in [6.45, 7) is 3.27. The van der Waals surface area contributed by atoms with Crippen molar-refractivity contribution in [1.82, 2.24) is 9.80 Å². The lowest BCUT2D eigenvalue weighted by molar-refractivity contribution is -0.144. The molecule has 2 aliphatic rings. The number of furan rings is 1. The number of amides is 2. The Morgan fingerprint density at radius 3 is 2.71 bits per heavy atom. The van der Waals surface area contributed by atoms with Crippen LogP contribution in [0, 0.1) is 11.8 Å². The summed E-state index contributed by atoms with van der Waals surface area (Å²) < 4.78 is 5.32. The van der Waals surface area contributed by atoms with Crippen molar-refractivity contribution in [2.75, 3.05) is 13.1 Å². The standard InChI is InChI=1S/C15H20N2O4/c1-10(14(18)19)11-7-16(8-11)15(20)17(12-4-5-12)9-13-3-2-6-21-13/h2-3,6,10-12H,4-5,7-9H2,1H3,(H,18,19). The fourth-order valence-corrected chi connectivity index (χ4v) is 2.68. The number of carbonyl (C=O) groups excluding carboxylic acids is 1. The number of likely N-dealkylation sites (tertiary alicyclic amines) is 1. The molecule has 0 aromatic carbocycles. The second-order valence-corrected chi connectivity index (χ2v) is 6.01. The van der Waals surface area contributed by atoms with Gasteiger partial charge in [0, 0.05) is 25.0 Å². The first-order valence-electron chi connectivity index (χ1n) is 7.37. The van der Waals surface area contributed by atoms with Gasteiger partial charge in [0.15, 0.2) is 0 Å². The molecule has 6 heteroatoms. The molecule has 1 atom stereocenters. The molecular weight excluding hydrogens is 272 g/mol. The molecule has 0 radical (unpaired) electrons. The lowest BCUT2D eigenvalue weighted by Gasteiger charge is -2.43. The summed E-state index contributed by atoms with van der Waals surface area (Å²) in [5, 5.41) is 8.99. The highest BCUT2D eigenvalue weighted by Crippen LogP contribution is 2.32. The van der Waals surface area contributed by atoms with Crippen LogP contribution in [-0.4, -0.2) is 46.0 Å². The first-order valence-corrected chi connectivity index (χ1v) is 7.37. The Morgan fingerprint density at radius 1 is 1.48 bits per heavy atom. The molecule has 1 aliphatic heterocycles. The molecule has 1 N–H and O–H groups in total. The van der Waals surface area contributed by atoms with Crippen molar-refractivity contribution in [3.8, 4) is 0 Å². The topological polar surface area (TPSA) is 74.0 Å². The van der Waals surface area contributed by atoms with Crippen molar-refractivity contribution in [2.45, 2.75) is 32.4 Å². The fraction of sp³-hybridized carbons (Fsp3) is 0.600. The van der Waals surface area contributed by atoms with Crippen molar-refractivity contribution < 1.29 is 19.1 Å². The van der Waals surface area contributed by atoms with Gasteiger partial charge in [-0.2, -0.15) is 0 Å². The van der Waals surface area contributed by atoms with Gasteiger partial charge in [-0.05, 0) is 25.0 Å². The van der Waals surface area contributed by atoms with E-state index in [0.29, 0.717) is 25.7 Å². The zero-order chi connectivity index (χ0) is 15.0. The summed E-state index contributed by atoms with van der Waals surface area (Å²) in [5.74, 6) is -0.336. The first kappa shape index (κ1) is 14.0. The number of urea groups is 1. The number of hydrogen-bond acceptors (Lipinski definition) is 3. The molecule has 3 rings (SSSR count). The molecule has 21 heavy (non-hydrogen) atoms. The molecule has 6 nitrogen and oxygen atoms in total. The van der Waals surface area contributed by atoms with E-state index in [9.17, 15) is 9.59 Å². The SMILES string of the molecule is CC(C(=O)O)C1CN(C(=O)N(Cc2ccco2)C2CC2)C1. The smallest absolute Gasteiger partial charge is 0.320 e. The Hall–Kier alpha value is -1.98. The highest BCUT2D eigenvalue weighted by atomic mass is 16.4. The van der Waals surface area contributed by atoms with Crippen molar-refractivity contribution in [3.63, 3.8) is 0 Å². The molecule has 0 bridgehead atoms. The monoisotopic (exact) mass is 292 g/mol. The van der Waals surface area contributed by atoms with Crippen LogP contribution in [0.2, 0.25) is 0 Å². The minimum absolute atomic E-state index is 0.00254. The van der Waals surface area contributed by atoms with E-state index in [0.717, 1.165) is 18.6 Å². The molecular formula is C15H20N2O4. The Kier molecular flexibility index (Phi) is 3.61. The number of carboxylic acid groups (broad SMARTS) is 1. The molecule has 1 unspecified atom stereocenters. The molecule has 114 valence electrons. The third-order valence-corrected chi connectivity index (χ3v) is 4.42. The second kappa shape index (κ2) is 5.42. The Balaban J connectivity index is 1.57. The van der Waals surface area contributed by atoms with Crippen LogP contribution in [-0.2, 0) is 11.3 Å². The fourth-order valence-electron chi connectivity index (χ4n) is 2.68. The molecule has 0 spiro atoms. The number of aliphatic carboxylic acids is 1. The molecule has 2 amide bonds.